The number of thiophene rings is 1. The molecule has 22 heavy (non-hydrogen) atoms. The van der Waals surface area contributed by atoms with Gasteiger partial charge < -0.3 is 10.1 Å². The van der Waals surface area contributed by atoms with Gasteiger partial charge in [-0.1, -0.05) is 29.3 Å². The van der Waals surface area contributed by atoms with Crippen LogP contribution in [0.25, 0.3) is 0 Å². The summed E-state index contributed by atoms with van der Waals surface area (Å²) in [6.07, 6.45) is 0.0496. The second-order valence-corrected chi connectivity index (χ2v) is 6.27. The molecular formula is C15H13Cl2NO3S. The van der Waals surface area contributed by atoms with Gasteiger partial charge >= 0.3 is 5.97 Å². The molecule has 1 amide bonds. The summed E-state index contributed by atoms with van der Waals surface area (Å²) in [4.78, 5) is 24.8. The average molecular weight is 358 g/mol. The summed E-state index contributed by atoms with van der Waals surface area (Å²) in [5.41, 5.74) is 0.303. The van der Waals surface area contributed by atoms with Crippen LogP contribution in [0.2, 0.25) is 10.0 Å². The molecule has 0 radical (unpaired) electrons. The summed E-state index contributed by atoms with van der Waals surface area (Å²) >= 11 is 13.3. The predicted octanol–water partition coefficient (Wildman–Crippen LogP) is 4.09. The highest BCUT2D eigenvalue weighted by Gasteiger charge is 2.21. The van der Waals surface area contributed by atoms with Crippen LogP contribution in [0.5, 0.6) is 0 Å². The van der Waals surface area contributed by atoms with E-state index in [9.17, 15) is 9.59 Å². The normalized spacial score (nSPS) is 11.8. The Hall–Kier alpha value is -1.56. The molecule has 1 N–H and O–H groups in total. The maximum Gasteiger partial charge on any atom is 0.307 e. The van der Waals surface area contributed by atoms with E-state index in [1.54, 1.807) is 12.1 Å². The maximum atomic E-state index is 12.4. The number of carbonyl (C=O) groups is 2. The molecule has 0 saturated carbocycles. The highest BCUT2D eigenvalue weighted by atomic mass is 35.5. The molecule has 0 spiro atoms. The minimum absolute atomic E-state index is 0.0496. The van der Waals surface area contributed by atoms with Crippen molar-refractivity contribution in [2.24, 2.45) is 0 Å². The number of benzene rings is 1. The number of hydrogen-bond donors (Lipinski definition) is 1. The number of halogens is 2. The van der Waals surface area contributed by atoms with Crippen molar-refractivity contribution >= 4 is 46.4 Å². The van der Waals surface area contributed by atoms with Crippen LogP contribution in [0.4, 0.5) is 0 Å². The second kappa shape index (κ2) is 7.63. The number of rotatable bonds is 5. The third-order valence-corrected chi connectivity index (χ3v) is 4.50. The van der Waals surface area contributed by atoms with Crippen molar-refractivity contribution in [3.05, 3.63) is 56.2 Å². The molecule has 7 heteroatoms. The van der Waals surface area contributed by atoms with E-state index in [2.05, 4.69) is 10.1 Å². The lowest BCUT2D eigenvalue weighted by molar-refractivity contribution is -0.141. The third-order valence-electron chi connectivity index (χ3n) is 2.97. The Morgan fingerprint density at radius 2 is 2.09 bits per heavy atom. The fraction of sp³-hybridized carbons (Fsp3) is 0.200. The second-order valence-electron chi connectivity index (χ2n) is 4.45. The van der Waals surface area contributed by atoms with Crippen LogP contribution in [0.15, 0.2) is 35.7 Å². The summed E-state index contributed by atoms with van der Waals surface area (Å²) in [7, 11) is 1.31. The zero-order chi connectivity index (χ0) is 16.1. The predicted molar refractivity (Wildman–Crippen MR) is 87.6 cm³/mol. The molecule has 0 aliphatic heterocycles. The van der Waals surface area contributed by atoms with E-state index in [0.717, 1.165) is 4.88 Å². The van der Waals surface area contributed by atoms with Gasteiger partial charge in [-0.25, -0.2) is 0 Å². The largest absolute Gasteiger partial charge is 0.469 e. The van der Waals surface area contributed by atoms with E-state index in [1.807, 2.05) is 17.5 Å². The minimum atomic E-state index is -0.466. The topological polar surface area (TPSA) is 55.4 Å². The molecule has 1 aromatic carbocycles. The summed E-state index contributed by atoms with van der Waals surface area (Å²) in [6, 6.07) is 7.87. The molecule has 0 aliphatic rings. The number of ether oxygens (including phenoxy) is 1. The van der Waals surface area contributed by atoms with Gasteiger partial charge in [-0.15, -0.1) is 11.3 Å². The van der Waals surface area contributed by atoms with Crippen LogP contribution in [-0.2, 0) is 9.53 Å². The number of nitrogens with one attached hydrogen (secondary N) is 1. The van der Waals surface area contributed by atoms with Crippen molar-refractivity contribution in [3.8, 4) is 0 Å². The van der Waals surface area contributed by atoms with E-state index < -0.39 is 12.0 Å². The lowest BCUT2D eigenvalue weighted by Gasteiger charge is -2.17. The van der Waals surface area contributed by atoms with Gasteiger partial charge in [0.15, 0.2) is 0 Å². The molecule has 116 valence electrons. The Kier molecular flexibility index (Phi) is 5.83. The first-order valence-electron chi connectivity index (χ1n) is 6.37. The molecule has 1 heterocycles. The zero-order valence-corrected chi connectivity index (χ0v) is 14.0. The summed E-state index contributed by atoms with van der Waals surface area (Å²) in [5.74, 6) is -0.773. The van der Waals surface area contributed by atoms with Gasteiger partial charge in [-0.2, -0.15) is 0 Å². The van der Waals surface area contributed by atoms with Gasteiger partial charge in [0.1, 0.15) is 0 Å². The van der Waals surface area contributed by atoms with Crippen LogP contribution < -0.4 is 5.32 Å². The summed E-state index contributed by atoms with van der Waals surface area (Å²) in [6.45, 7) is 0. The smallest absolute Gasteiger partial charge is 0.307 e. The molecule has 1 atom stereocenters. The molecule has 1 unspecified atom stereocenters. The molecule has 2 rings (SSSR count). The van der Waals surface area contributed by atoms with Crippen molar-refractivity contribution in [3.63, 3.8) is 0 Å². The molecule has 0 bridgehead atoms. The fourth-order valence-corrected chi connectivity index (χ4v) is 3.14. The van der Waals surface area contributed by atoms with E-state index in [1.165, 1.54) is 24.5 Å². The standard InChI is InChI=1S/C15H13Cl2NO3S/c1-21-14(19)8-12(13-3-2-6-22-13)18-15(20)10-5-4-9(16)7-11(10)17/h2-7,12H,8H2,1H3,(H,18,20). The van der Waals surface area contributed by atoms with Crippen LogP contribution in [0.1, 0.15) is 27.7 Å². The molecule has 0 saturated heterocycles. The Morgan fingerprint density at radius 1 is 1.32 bits per heavy atom. The lowest BCUT2D eigenvalue weighted by atomic mass is 10.1. The van der Waals surface area contributed by atoms with Crippen molar-refractivity contribution in [1.29, 1.82) is 0 Å². The van der Waals surface area contributed by atoms with Crippen molar-refractivity contribution in [2.75, 3.05) is 7.11 Å². The van der Waals surface area contributed by atoms with Crippen LogP contribution >= 0.6 is 34.5 Å². The van der Waals surface area contributed by atoms with E-state index in [-0.39, 0.29) is 17.4 Å². The first-order valence-corrected chi connectivity index (χ1v) is 8.01. The van der Waals surface area contributed by atoms with Crippen LogP contribution in [0.3, 0.4) is 0 Å². The SMILES string of the molecule is COC(=O)CC(NC(=O)c1ccc(Cl)cc1Cl)c1cccs1. The average Bonchev–Trinajstić information content (AvgIpc) is 3.00. The lowest BCUT2D eigenvalue weighted by Crippen LogP contribution is -2.30. The van der Waals surface area contributed by atoms with Gasteiger partial charge in [0.05, 0.1) is 30.2 Å². The van der Waals surface area contributed by atoms with Gasteiger partial charge in [-0.05, 0) is 29.6 Å². The number of amides is 1. The molecule has 1 aromatic heterocycles. The number of hydrogen-bond acceptors (Lipinski definition) is 4. The number of esters is 1. The van der Waals surface area contributed by atoms with Crippen molar-refractivity contribution < 1.29 is 14.3 Å². The molecular weight excluding hydrogens is 345 g/mol. The van der Waals surface area contributed by atoms with Crippen molar-refractivity contribution in [2.45, 2.75) is 12.5 Å². The Balaban J connectivity index is 2.19. The van der Waals surface area contributed by atoms with Gasteiger partial charge in [0.2, 0.25) is 0 Å². The molecule has 0 fully saturated rings. The quantitative estimate of drug-likeness (QED) is 0.819. The minimum Gasteiger partial charge on any atom is -0.469 e. The molecule has 0 aliphatic carbocycles. The van der Waals surface area contributed by atoms with E-state index in [4.69, 9.17) is 23.2 Å². The Bertz CT molecular complexity index is 673. The van der Waals surface area contributed by atoms with Gasteiger partial charge in [-0.3, -0.25) is 9.59 Å². The van der Waals surface area contributed by atoms with Crippen LogP contribution in [-0.4, -0.2) is 19.0 Å². The number of methoxy groups -OCH3 is 1. The number of carbonyl (C=O) groups excluding carboxylic acids is 2. The van der Waals surface area contributed by atoms with Crippen molar-refractivity contribution in [1.82, 2.24) is 5.32 Å². The molecule has 2 aromatic rings. The van der Waals surface area contributed by atoms with Gasteiger partial charge in [0.25, 0.3) is 5.91 Å². The zero-order valence-electron chi connectivity index (χ0n) is 11.6. The maximum absolute atomic E-state index is 12.4. The van der Waals surface area contributed by atoms with E-state index >= 15 is 0 Å². The highest BCUT2D eigenvalue weighted by molar-refractivity contribution is 7.10. The third kappa shape index (κ3) is 4.22. The molecule has 4 nitrogen and oxygen atoms in total. The summed E-state index contributed by atoms with van der Waals surface area (Å²) in [5, 5.41) is 5.39. The van der Waals surface area contributed by atoms with Crippen LogP contribution in [0, 0.1) is 0 Å². The fourth-order valence-electron chi connectivity index (χ4n) is 1.87. The van der Waals surface area contributed by atoms with Gasteiger partial charge in [0, 0.05) is 9.90 Å². The monoisotopic (exact) mass is 357 g/mol. The summed E-state index contributed by atoms with van der Waals surface area (Å²) < 4.78 is 4.68. The van der Waals surface area contributed by atoms with E-state index in [0.29, 0.717) is 10.6 Å². The Labute approximate surface area is 142 Å². The first-order chi connectivity index (χ1) is 10.5. The first kappa shape index (κ1) is 16.8. The highest BCUT2D eigenvalue weighted by Crippen LogP contribution is 2.25. The Morgan fingerprint density at radius 3 is 2.68 bits per heavy atom.